The Hall–Kier alpha value is -5.35. The largest absolute Gasteiger partial charge is 0.494 e. The third-order valence-corrected chi connectivity index (χ3v) is 8.40. The summed E-state index contributed by atoms with van der Waals surface area (Å²) in [6.07, 6.45) is -0.280. The lowest BCUT2D eigenvalue weighted by Crippen LogP contribution is -2.63. The van der Waals surface area contributed by atoms with E-state index in [0.717, 1.165) is 12.1 Å². The molecule has 49 heavy (non-hydrogen) atoms. The first-order valence-electron chi connectivity index (χ1n) is 15.2. The van der Waals surface area contributed by atoms with Crippen molar-refractivity contribution in [1.29, 1.82) is 0 Å². The van der Waals surface area contributed by atoms with Crippen LogP contribution in [0.3, 0.4) is 0 Å². The number of carbonyl (C=O) groups is 1. The zero-order chi connectivity index (χ0) is 34.7. The first-order chi connectivity index (χ1) is 23.6. The summed E-state index contributed by atoms with van der Waals surface area (Å²) >= 11 is 0. The van der Waals surface area contributed by atoms with Crippen molar-refractivity contribution in [3.05, 3.63) is 90.1 Å². The van der Waals surface area contributed by atoms with Crippen LogP contribution in [0.15, 0.2) is 67.4 Å². The van der Waals surface area contributed by atoms with Gasteiger partial charge in [-0.2, -0.15) is 0 Å². The Bertz CT molecular complexity index is 1960. The molecule has 5 aromatic rings. The van der Waals surface area contributed by atoms with Crippen molar-refractivity contribution in [2.24, 2.45) is 5.73 Å². The molecule has 256 valence electrons. The van der Waals surface area contributed by atoms with Gasteiger partial charge in [0.05, 0.1) is 48.7 Å². The average molecular weight is 681 g/mol. The molecule has 4 heterocycles. The number of ether oxygens (including phenoxy) is 2. The highest BCUT2D eigenvalue weighted by Gasteiger charge is 2.43. The standard InChI is InChI=1S/C33H32F4N8O4/c1-48-26-12-22(34)21(11-23(26)35)24-10-20(25(13-39-24)44-9-5-8-33(38,15-44)28(46)29(36)37)14-45-17-42-27-30(40-16-41-31(27)45)43-18-49-32(47)19-6-3-2-4-7-19/h2-4,6-7,10-13,16-17,28-29,46H,5,8-9,14-15,18,38H2,1H3,(H,40,41,43)/t28-,33-/m1/s1. The maximum Gasteiger partial charge on any atom is 0.339 e. The first-order valence-corrected chi connectivity index (χ1v) is 15.2. The molecule has 1 aliphatic rings. The summed E-state index contributed by atoms with van der Waals surface area (Å²) in [5, 5.41) is 13.2. The van der Waals surface area contributed by atoms with Gasteiger partial charge in [-0.3, -0.25) is 4.98 Å². The van der Waals surface area contributed by atoms with E-state index in [1.54, 1.807) is 45.9 Å². The van der Waals surface area contributed by atoms with E-state index in [0.29, 0.717) is 46.8 Å². The molecular formula is C33H32F4N8O4. The second kappa shape index (κ2) is 14.0. The van der Waals surface area contributed by atoms with E-state index in [2.05, 4.69) is 25.3 Å². The number of nitrogens with zero attached hydrogens (tertiary/aromatic N) is 6. The van der Waals surface area contributed by atoms with E-state index in [9.17, 15) is 23.1 Å². The number of halogens is 4. The second-order valence-corrected chi connectivity index (χ2v) is 11.6. The number of fused-ring (bicyclic) bond motifs is 1. The number of carbonyl (C=O) groups excluding carboxylic acids is 1. The normalized spacial score (nSPS) is 16.9. The second-order valence-electron chi connectivity index (χ2n) is 11.6. The van der Waals surface area contributed by atoms with E-state index < -0.39 is 35.7 Å². The minimum absolute atomic E-state index is 0.0759. The van der Waals surface area contributed by atoms with E-state index in [1.165, 1.54) is 26.0 Å². The highest BCUT2D eigenvalue weighted by Crippen LogP contribution is 2.35. The molecule has 4 N–H and O–H groups in total. The summed E-state index contributed by atoms with van der Waals surface area (Å²) < 4.78 is 68.8. The van der Waals surface area contributed by atoms with Gasteiger partial charge >= 0.3 is 5.97 Å². The Labute approximate surface area is 277 Å². The Morgan fingerprint density at radius 2 is 1.90 bits per heavy atom. The molecule has 0 radical (unpaired) electrons. The van der Waals surface area contributed by atoms with Crippen molar-refractivity contribution in [1.82, 2.24) is 24.5 Å². The van der Waals surface area contributed by atoms with Gasteiger partial charge in [0.25, 0.3) is 6.43 Å². The average Bonchev–Trinajstić information content (AvgIpc) is 3.52. The molecule has 1 aliphatic heterocycles. The third-order valence-electron chi connectivity index (χ3n) is 8.40. The number of hydrogen-bond donors (Lipinski definition) is 3. The number of benzene rings is 2. The SMILES string of the molecule is COc1cc(F)c(-c2cc(Cn3cnc4c(NCOC(=O)c5ccccc5)ncnc43)c(N3CCC[C@](N)([C@H](O)C(F)F)C3)cn2)cc1F. The number of rotatable bonds is 11. The summed E-state index contributed by atoms with van der Waals surface area (Å²) in [6, 6.07) is 11.9. The number of alkyl halides is 2. The van der Waals surface area contributed by atoms with Crippen LogP contribution >= 0.6 is 0 Å². The molecule has 2 atom stereocenters. The fraction of sp³-hybridized carbons (Fsp3) is 0.303. The lowest BCUT2D eigenvalue weighted by atomic mass is 9.84. The van der Waals surface area contributed by atoms with Crippen LogP contribution in [0.1, 0.15) is 28.8 Å². The highest BCUT2D eigenvalue weighted by atomic mass is 19.3. The molecule has 1 fully saturated rings. The van der Waals surface area contributed by atoms with Crippen molar-refractivity contribution in [3.63, 3.8) is 0 Å². The first kappa shape index (κ1) is 33.5. The Balaban J connectivity index is 1.33. The van der Waals surface area contributed by atoms with Crippen LogP contribution < -0.4 is 20.7 Å². The van der Waals surface area contributed by atoms with Crippen LogP contribution in [-0.2, 0) is 11.3 Å². The van der Waals surface area contributed by atoms with Crippen LogP contribution in [0.25, 0.3) is 22.4 Å². The lowest BCUT2D eigenvalue weighted by Gasteiger charge is -2.44. The number of imidazole rings is 1. The quantitative estimate of drug-likeness (QED) is 0.104. The van der Waals surface area contributed by atoms with Crippen LogP contribution in [0.2, 0.25) is 0 Å². The van der Waals surface area contributed by atoms with Crippen LogP contribution in [-0.4, -0.2) is 80.6 Å². The minimum atomic E-state index is -3.04. The summed E-state index contributed by atoms with van der Waals surface area (Å²) in [4.78, 5) is 31.5. The Morgan fingerprint density at radius 1 is 1.10 bits per heavy atom. The van der Waals surface area contributed by atoms with E-state index >= 15 is 4.39 Å². The highest BCUT2D eigenvalue weighted by molar-refractivity contribution is 5.89. The van der Waals surface area contributed by atoms with Gasteiger partial charge in [0.15, 0.2) is 35.3 Å². The molecule has 0 spiro atoms. The predicted octanol–water partition coefficient (Wildman–Crippen LogP) is 4.37. The lowest BCUT2D eigenvalue weighted by molar-refractivity contribution is -0.0529. The van der Waals surface area contributed by atoms with Crippen molar-refractivity contribution in [2.75, 3.05) is 37.1 Å². The fourth-order valence-corrected chi connectivity index (χ4v) is 5.88. The minimum Gasteiger partial charge on any atom is -0.494 e. The summed E-state index contributed by atoms with van der Waals surface area (Å²) in [6.45, 7) is 0.180. The van der Waals surface area contributed by atoms with Crippen LogP contribution in [0.5, 0.6) is 5.75 Å². The molecule has 0 aliphatic carbocycles. The number of methoxy groups -OCH3 is 1. The number of nitrogens with two attached hydrogens (primary N) is 1. The fourth-order valence-electron chi connectivity index (χ4n) is 5.88. The molecule has 3 aromatic heterocycles. The number of pyridine rings is 1. The number of aliphatic hydroxyl groups excluding tert-OH is 1. The summed E-state index contributed by atoms with van der Waals surface area (Å²) in [5.74, 6) is -2.07. The van der Waals surface area contributed by atoms with Gasteiger partial charge in [0.1, 0.15) is 18.2 Å². The molecular weight excluding hydrogens is 648 g/mol. The Morgan fingerprint density at radius 3 is 2.65 bits per heavy atom. The topological polar surface area (TPSA) is 154 Å². The third kappa shape index (κ3) is 6.96. The number of anilines is 2. The van der Waals surface area contributed by atoms with E-state index in [4.69, 9.17) is 15.2 Å². The smallest absolute Gasteiger partial charge is 0.339 e. The number of piperidine rings is 1. The molecule has 2 aromatic carbocycles. The number of hydrogen-bond acceptors (Lipinski definition) is 11. The molecule has 16 heteroatoms. The van der Waals surface area contributed by atoms with Crippen molar-refractivity contribution >= 4 is 28.6 Å². The van der Waals surface area contributed by atoms with E-state index in [-0.39, 0.29) is 43.2 Å². The van der Waals surface area contributed by atoms with Gasteiger partial charge in [-0.05, 0) is 42.7 Å². The zero-order valence-electron chi connectivity index (χ0n) is 26.2. The van der Waals surface area contributed by atoms with E-state index in [1.807, 2.05) is 0 Å². The van der Waals surface area contributed by atoms with Crippen molar-refractivity contribution in [2.45, 2.75) is 37.5 Å². The maximum atomic E-state index is 15.2. The number of esters is 1. The number of aliphatic hydroxyl groups is 1. The molecule has 1 saturated heterocycles. The zero-order valence-corrected chi connectivity index (χ0v) is 26.2. The Kier molecular flexibility index (Phi) is 9.60. The van der Waals surface area contributed by atoms with Gasteiger partial charge in [-0.1, -0.05) is 18.2 Å². The monoisotopic (exact) mass is 680 g/mol. The molecule has 12 nitrogen and oxygen atoms in total. The summed E-state index contributed by atoms with van der Waals surface area (Å²) in [5.41, 5.74) is 6.83. The van der Waals surface area contributed by atoms with Crippen molar-refractivity contribution < 1.29 is 36.9 Å². The van der Waals surface area contributed by atoms with Gasteiger partial charge in [0.2, 0.25) is 0 Å². The summed E-state index contributed by atoms with van der Waals surface area (Å²) in [7, 11) is 1.22. The molecule has 0 saturated carbocycles. The van der Waals surface area contributed by atoms with Gasteiger partial charge in [-0.25, -0.2) is 37.3 Å². The molecule has 0 unspecified atom stereocenters. The van der Waals surface area contributed by atoms with Gasteiger partial charge < -0.3 is 35.1 Å². The molecule has 6 rings (SSSR count). The number of aromatic nitrogens is 5. The van der Waals surface area contributed by atoms with Crippen LogP contribution in [0, 0.1) is 11.6 Å². The van der Waals surface area contributed by atoms with Gasteiger partial charge in [0, 0.05) is 24.7 Å². The molecule has 0 bridgehead atoms. The maximum absolute atomic E-state index is 15.2. The van der Waals surface area contributed by atoms with Crippen LogP contribution in [0.4, 0.5) is 29.1 Å². The van der Waals surface area contributed by atoms with Gasteiger partial charge in [-0.15, -0.1) is 0 Å². The van der Waals surface area contributed by atoms with Crippen molar-refractivity contribution in [3.8, 4) is 17.0 Å². The molecule has 0 amide bonds. The predicted molar refractivity (Wildman–Crippen MR) is 171 cm³/mol. The number of nitrogens with one attached hydrogen (secondary N) is 1.